The first-order valence-electron chi connectivity index (χ1n) is 2.38. The van der Waals surface area contributed by atoms with Gasteiger partial charge >= 0.3 is 0 Å². The Hall–Kier alpha value is -0.160. The van der Waals surface area contributed by atoms with E-state index in [0.29, 0.717) is 4.60 Å². The highest BCUT2D eigenvalue weighted by atomic mass is 79.9. The standard InChI is InChI=1S/C5H3Br2FN2/c6-2-1-10-5(7)4(9)3(2)8/h1H,9H2. The molecule has 0 amide bonds. The van der Waals surface area contributed by atoms with Gasteiger partial charge < -0.3 is 5.73 Å². The van der Waals surface area contributed by atoms with E-state index >= 15 is 0 Å². The van der Waals surface area contributed by atoms with Crippen LogP contribution in [0.4, 0.5) is 10.1 Å². The molecule has 0 aliphatic heterocycles. The molecule has 1 heterocycles. The Balaban J connectivity index is 3.34. The maximum Gasteiger partial charge on any atom is 0.164 e. The van der Waals surface area contributed by atoms with Gasteiger partial charge in [-0.25, -0.2) is 9.37 Å². The summed E-state index contributed by atoms with van der Waals surface area (Å²) in [6.07, 6.45) is 1.34. The number of nitrogens with zero attached hydrogens (tertiary/aromatic N) is 1. The summed E-state index contributed by atoms with van der Waals surface area (Å²) >= 11 is 5.93. The number of hydrogen-bond acceptors (Lipinski definition) is 2. The molecule has 0 spiro atoms. The molecule has 1 rings (SSSR count). The van der Waals surface area contributed by atoms with Crippen LogP contribution in [0.15, 0.2) is 15.3 Å². The molecule has 0 aromatic carbocycles. The predicted octanol–water partition coefficient (Wildman–Crippen LogP) is 2.33. The summed E-state index contributed by atoms with van der Waals surface area (Å²) in [6, 6.07) is 0. The van der Waals surface area contributed by atoms with Gasteiger partial charge in [0.2, 0.25) is 0 Å². The number of nitrogens with two attached hydrogens (primary N) is 1. The Bertz CT molecular complexity index is 237. The molecular weight excluding hydrogens is 267 g/mol. The third-order valence-electron chi connectivity index (χ3n) is 0.960. The van der Waals surface area contributed by atoms with Gasteiger partial charge in [-0.05, 0) is 31.9 Å². The largest absolute Gasteiger partial charge is 0.394 e. The molecule has 0 fully saturated rings. The van der Waals surface area contributed by atoms with Crippen LogP contribution in [0.5, 0.6) is 0 Å². The van der Waals surface area contributed by atoms with Crippen LogP contribution in [0, 0.1) is 5.82 Å². The lowest BCUT2D eigenvalue weighted by atomic mass is 10.4. The number of nitrogen functional groups attached to an aromatic ring is 1. The molecule has 10 heavy (non-hydrogen) atoms. The fourth-order valence-corrected chi connectivity index (χ4v) is 1.05. The third kappa shape index (κ3) is 1.29. The molecule has 54 valence electrons. The number of pyridine rings is 1. The highest BCUT2D eigenvalue weighted by Crippen LogP contribution is 2.25. The Morgan fingerprint density at radius 3 is 2.60 bits per heavy atom. The number of hydrogen-bond donors (Lipinski definition) is 1. The minimum atomic E-state index is -0.484. The Morgan fingerprint density at radius 1 is 1.50 bits per heavy atom. The van der Waals surface area contributed by atoms with E-state index in [2.05, 4.69) is 36.8 Å². The van der Waals surface area contributed by atoms with E-state index in [4.69, 9.17) is 5.73 Å². The molecule has 0 radical (unpaired) electrons. The van der Waals surface area contributed by atoms with Crippen molar-refractivity contribution in [3.8, 4) is 0 Å². The minimum Gasteiger partial charge on any atom is -0.394 e. The molecule has 1 aromatic heterocycles. The highest BCUT2D eigenvalue weighted by molar-refractivity contribution is 9.11. The van der Waals surface area contributed by atoms with Crippen molar-refractivity contribution in [3.05, 3.63) is 21.1 Å². The van der Waals surface area contributed by atoms with Crippen LogP contribution in [0.25, 0.3) is 0 Å². The Kier molecular flexibility index (Phi) is 2.25. The van der Waals surface area contributed by atoms with Gasteiger partial charge in [0.15, 0.2) is 5.82 Å². The summed E-state index contributed by atoms with van der Waals surface area (Å²) in [6.45, 7) is 0. The fraction of sp³-hybridized carbons (Fsp3) is 0. The topological polar surface area (TPSA) is 38.9 Å². The lowest BCUT2D eigenvalue weighted by Crippen LogP contribution is -1.94. The van der Waals surface area contributed by atoms with Crippen molar-refractivity contribution < 1.29 is 4.39 Å². The van der Waals surface area contributed by atoms with Crippen LogP contribution >= 0.6 is 31.9 Å². The number of halogens is 3. The summed E-state index contributed by atoms with van der Waals surface area (Å²) in [5, 5.41) is 0. The lowest BCUT2D eigenvalue weighted by Gasteiger charge is -1.98. The molecule has 0 saturated heterocycles. The molecule has 0 bridgehead atoms. The summed E-state index contributed by atoms with van der Waals surface area (Å²) in [5.74, 6) is -0.484. The Labute approximate surface area is 73.9 Å². The number of aromatic nitrogens is 1. The minimum absolute atomic E-state index is 0.0226. The maximum absolute atomic E-state index is 12.7. The monoisotopic (exact) mass is 268 g/mol. The van der Waals surface area contributed by atoms with E-state index in [1.807, 2.05) is 0 Å². The Morgan fingerprint density at radius 2 is 2.10 bits per heavy atom. The molecule has 0 saturated carbocycles. The molecule has 5 heteroatoms. The molecule has 0 unspecified atom stereocenters. The quantitative estimate of drug-likeness (QED) is 0.735. The zero-order valence-corrected chi connectivity index (χ0v) is 7.91. The van der Waals surface area contributed by atoms with Gasteiger partial charge in [-0.1, -0.05) is 0 Å². The van der Waals surface area contributed by atoms with Crippen molar-refractivity contribution in [1.82, 2.24) is 4.98 Å². The van der Waals surface area contributed by atoms with E-state index in [9.17, 15) is 4.39 Å². The average Bonchev–Trinajstić information content (AvgIpc) is 1.93. The van der Waals surface area contributed by atoms with E-state index in [0.717, 1.165) is 0 Å². The summed E-state index contributed by atoms with van der Waals surface area (Å²) < 4.78 is 13.3. The van der Waals surface area contributed by atoms with Gasteiger partial charge in [0.05, 0.1) is 4.47 Å². The van der Waals surface area contributed by atoms with E-state index in [-0.39, 0.29) is 10.2 Å². The van der Waals surface area contributed by atoms with Gasteiger partial charge in [0, 0.05) is 6.20 Å². The van der Waals surface area contributed by atoms with E-state index in [1.54, 1.807) is 0 Å². The first-order chi connectivity index (χ1) is 4.63. The van der Waals surface area contributed by atoms with Crippen LogP contribution in [-0.4, -0.2) is 4.98 Å². The molecule has 0 aliphatic carbocycles. The molecule has 2 nitrogen and oxygen atoms in total. The van der Waals surface area contributed by atoms with Gasteiger partial charge in [-0.2, -0.15) is 0 Å². The molecule has 2 N–H and O–H groups in total. The maximum atomic E-state index is 12.7. The van der Waals surface area contributed by atoms with E-state index < -0.39 is 5.82 Å². The smallest absolute Gasteiger partial charge is 0.164 e. The SMILES string of the molecule is Nc1c(Br)ncc(Br)c1F. The van der Waals surface area contributed by atoms with Crippen LogP contribution in [0.3, 0.4) is 0 Å². The van der Waals surface area contributed by atoms with Crippen molar-refractivity contribution in [1.29, 1.82) is 0 Å². The summed E-state index contributed by atoms with van der Waals surface area (Å²) in [5.41, 5.74) is 5.29. The highest BCUT2D eigenvalue weighted by Gasteiger charge is 2.06. The number of anilines is 1. The van der Waals surface area contributed by atoms with Crippen LogP contribution < -0.4 is 5.73 Å². The molecule has 0 aliphatic rings. The van der Waals surface area contributed by atoms with E-state index in [1.165, 1.54) is 6.20 Å². The second-order valence-electron chi connectivity index (χ2n) is 1.62. The second kappa shape index (κ2) is 2.84. The van der Waals surface area contributed by atoms with Crippen molar-refractivity contribution in [3.63, 3.8) is 0 Å². The first kappa shape index (κ1) is 7.94. The first-order valence-corrected chi connectivity index (χ1v) is 3.96. The third-order valence-corrected chi connectivity index (χ3v) is 2.14. The normalized spacial score (nSPS) is 9.90. The number of rotatable bonds is 0. The summed E-state index contributed by atoms with van der Waals surface area (Å²) in [4.78, 5) is 3.74. The predicted molar refractivity (Wildman–Crippen MR) is 44.0 cm³/mol. The lowest BCUT2D eigenvalue weighted by molar-refractivity contribution is 0.622. The average molecular weight is 270 g/mol. The van der Waals surface area contributed by atoms with Gasteiger partial charge in [0.25, 0.3) is 0 Å². The van der Waals surface area contributed by atoms with Crippen molar-refractivity contribution in [2.75, 3.05) is 5.73 Å². The zero-order chi connectivity index (χ0) is 7.72. The zero-order valence-electron chi connectivity index (χ0n) is 4.74. The molecular formula is C5H3Br2FN2. The van der Waals surface area contributed by atoms with Crippen molar-refractivity contribution >= 4 is 37.5 Å². The van der Waals surface area contributed by atoms with Crippen LogP contribution in [0.1, 0.15) is 0 Å². The molecule has 1 aromatic rings. The van der Waals surface area contributed by atoms with Crippen molar-refractivity contribution in [2.24, 2.45) is 0 Å². The van der Waals surface area contributed by atoms with Gasteiger partial charge in [-0.15, -0.1) is 0 Å². The second-order valence-corrected chi connectivity index (χ2v) is 3.23. The fourth-order valence-electron chi connectivity index (χ4n) is 0.459. The van der Waals surface area contributed by atoms with Gasteiger partial charge in [-0.3, -0.25) is 0 Å². The van der Waals surface area contributed by atoms with Crippen molar-refractivity contribution in [2.45, 2.75) is 0 Å². The van der Waals surface area contributed by atoms with Crippen LogP contribution in [-0.2, 0) is 0 Å². The molecule has 0 atom stereocenters. The van der Waals surface area contributed by atoms with Crippen LogP contribution in [0.2, 0.25) is 0 Å². The summed E-state index contributed by atoms with van der Waals surface area (Å²) in [7, 11) is 0. The van der Waals surface area contributed by atoms with Gasteiger partial charge in [0.1, 0.15) is 10.3 Å².